The monoisotopic (exact) mass is 352 g/mol. The molecule has 2 aromatic rings. The van der Waals surface area contributed by atoms with E-state index >= 15 is 0 Å². The van der Waals surface area contributed by atoms with Gasteiger partial charge in [0.1, 0.15) is 5.69 Å². The molecule has 0 fully saturated rings. The van der Waals surface area contributed by atoms with Crippen LogP contribution in [0.2, 0.25) is 5.02 Å². The summed E-state index contributed by atoms with van der Waals surface area (Å²) in [7, 11) is 1.74. The number of hydrogen-bond donors (Lipinski definition) is 1. The highest BCUT2D eigenvalue weighted by Crippen LogP contribution is 2.19. The number of carbonyl (C=O) groups excluding carboxylic acids is 2. The standard InChI is InChI=1S/C16H17ClN2O3S/c1-19-9-2-3-14(19)16(21)22-11-15(20)18-8-10-23-13-6-4-12(17)5-7-13/h2-7,9H,8,10-11H2,1H3,(H,18,20). The van der Waals surface area contributed by atoms with Crippen LogP contribution in [0.4, 0.5) is 0 Å². The molecule has 23 heavy (non-hydrogen) atoms. The Hall–Kier alpha value is -1.92. The van der Waals surface area contributed by atoms with E-state index in [2.05, 4.69) is 5.32 Å². The highest BCUT2D eigenvalue weighted by atomic mass is 35.5. The van der Waals surface area contributed by atoms with Gasteiger partial charge in [-0.2, -0.15) is 0 Å². The summed E-state index contributed by atoms with van der Waals surface area (Å²) in [5.41, 5.74) is 0.413. The minimum atomic E-state index is -0.511. The molecule has 0 radical (unpaired) electrons. The molecule has 1 heterocycles. The molecule has 2 rings (SSSR count). The number of halogens is 1. The van der Waals surface area contributed by atoms with Crippen molar-refractivity contribution in [1.82, 2.24) is 9.88 Å². The van der Waals surface area contributed by atoms with E-state index in [1.807, 2.05) is 24.3 Å². The summed E-state index contributed by atoms with van der Waals surface area (Å²) in [4.78, 5) is 24.5. The Labute approximate surface area is 144 Å². The summed E-state index contributed by atoms with van der Waals surface area (Å²) in [5.74, 6) is -0.105. The minimum Gasteiger partial charge on any atom is -0.451 e. The van der Waals surface area contributed by atoms with Gasteiger partial charge in [0.25, 0.3) is 5.91 Å². The fraction of sp³-hybridized carbons (Fsp3) is 0.250. The van der Waals surface area contributed by atoms with Gasteiger partial charge in [0.05, 0.1) is 0 Å². The van der Waals surface area contributed by atoms with E-state index in [-0.39, 0.29) is 12.5 Å². The second kappa shape index (κ2) is 8.64. The zero-order valence-corrected chi connectivity index (χ0v) is 14.2. The lowest BCUT2D eigenvalue weighted by atomic mass is 10.4. The fourth-order valence-electron chi connectivity index (χ4n) is 1.82. The fourth-order valence-corrected chi connectivity index (χ4v) is 2.71. The Morgan fingerprint density at radius 3 is 2.65 bits per heavy atom. The van der Waals surface area contributed by atoms with Crippen molar-refractivity contribution in [3.63, 3.8) is 0 Å². The van der Waals surface area contributed by atoms with E-state index in [1.54, 1.807) is 41.7 Å². The lowest BCUT2D eigenvalue weighted by Gasteiger charge is -2.07. The summed E-state index contributed by atoms with van der Waals surface area (Å²) >= 11 is 7.42. The molecule has 0 spiro atoms. The van der Waals surface area contributed by atoms with E-state index < -0.39 is 5.97 Å². The highest BCUT2D eigenvalue weighted by Gasteiger charge is 2.12. The number of aryl methyl sites for hydroxylation is 1. The van der Waals surface area contributed by atoms with Crippen LogP contribution >= 0.6 is 23.4 Å². The van der Waals surface area contributed by atoms with Gasteiger partial charge in [0.2, 0.25) is 0 Å². The lowest BCUT2D eigenvalue weighted by molar-refractivity contribution is -0.124. The van der Waals surface area contributed by atoms with Gasteiger partial charge < -0.3 is 14.6 Å². The van der Waals surface area contributed by atoms with Gasteiger partial charge in [-0.05, 0) is 36.4 Å². The molecule has 0 aliphatic heterocycles. The van der Waals surface area contributed by atoms with Crippen LogP contribution < -0.4 is 5.32 Å². The van der Waals surface area contributed by atoms with Gasteiger partial charge in [0.15, 0.2) is 6.61 Å². The predicted molar refractivity (Wildman–Crippen MR) is 90.9 cm³/mol. The predicted octanol–water partition coefficient (Wildman–Crippen LogP) is 2.74. The van der Waals surface area contributed by atoms with Crippen LogP contribution in [0.1, 0.15) is 10.5 Å². The zero-order valence-electron chi connectivity index (χ0n) is 12.6. The van der Waals surface area contributed by atoms with Crippen molar-refractivity contribution >= 4 is 35.2 Å². The molecule has 1 aromatic heterocycles. The summed E-state index contributed by atoms with van der Waals surface area (Å²) in [6.45, 7) is 0.212. The van der Waals surface area contributed by atoms with Crippen molar-refractivity contribution in [1.29, 1.82) is 0 Å². The van der Waals surface area contributed by atoms with Crippen molar-refractivity contribution in [3.05, 3.63) is 53.3 Å². The van der Waals surface area contributed by atoms with E-state index in [0.29, 0.717) is 17.3 Å². The topological polar surface area (TPSA) is 60.3 Å². The van der Waals surface area contributed by atoms with Crippen LogP contribution in [0.5, 0.6) is 0 Å². The molecular formula is C16H17ClN2O3S. The van der Waals surface area contributed by atoms with Crippen LogP contribution in [0, 0.1) is 0 Å². The summed E-state index contributed by atoms with van der Waals surface area (Å²) < 4.78 is 6.61. The van der Waals surface area contributed by atoms with Crippen molar-refractivity contribution in [3.8, 4) is 0 Å². The molecule has 1 aromatic carbocycles. The molecule has 0 aliphatic carbocycles. The second-order valence-corrected chi connectivity index (χ2v) is 6.34. The number of carbonyl (C=O) groups is 2. The number of nitrogens with one attached hydrogen (secondary N) is 1. The number of amides is 1. The molecule has 122 valence electrons. The number of benzene rings is 1. The molecular weight excluding hydrogens is 336 g/mol. The quantitative estimate of drug-likeness (QED) is 0.473. The van der Waals surface area contributed by atoms with Crippen LogP contribution in [-0.4, -0.2) is 35.3 Å². The van der Waals surface area contributed by atoms with Crippen molar-refractivity contribution in [2.24, 2.45) is 7.05 Å². The number of thioether (sulfide) groups is 1. The zero-order chi connectivity index (χ0) is 16.7. The molecule has 0 aliphatic rings. The highest BCUT2D eigenvalue weighted by molar-refractivity contribution is 7.99. The number of ether oxygens (including phenoxy) is 1. The Morgan fingerprint density at radius 2 is 2.00 bits per heavy atom. The maximum Gasteiger partial charge on any atom is 0.355 e. The van der Waals surface area contributed by atoms with Gasteiger partial charge >= 0.3 is 5.97 Å². The molecule has 0 bridgehead atoms. The first-order valence-electron chi connectivity index (χ1n) is 7.00. The smallest absolute Gasteiger partial charge is 0.355 e. The van der Waals surface area contributed by atoms with Gasteiger partial charge in [-0.25, -0.2) is 4.79 Å². The van der Waals surface area contributed by atoms with E-state index in [9.17, 15) is 9.59 Å². The van der Waals surface area contributed by atoms with E-state index in [0.717, 1.165) is 10.6 Å². The number of nitrogens with zero attached hydrogens (tertiary/aromatic N) is 1. The van der Waals surface area contributed by atoms with Gasteiger partial charge in [-0.15, -0.1) is 11.8 Å². The number of aromatic nitrogens is 1. The first-order chi connectivity index (χ1) is 11.1. The number of hydrogen-bond acceptors (Lipinski definition) is 4. The van der Waals surface area contributed by atoms with Crippen molar-refractivity contribution in [2.75, 3.05) is 18.9 Å². The average molecular weight is 353 g/mol. The van der Waals surface area contributed by atoms with E-state index in [4.69, 9.17) is 16.3 Å². The lowest BCUT2D eigenvalue weighted by Crippen LogP contribution is -2.30. The Kier molecular flexibility index (Phi) is 6.55. The Balaban J connectivity index is 1.62. The largest absolute Gasteiger partial charge is 0.451 e. The van der Waals surface area contributed by atoms with Crippen molar-refractivity contribution < 1.29 is 14.3 Å². The second-order valence-electron chi connectivity index (χ2n) is 4.73. The van der Waals surface area contributed by atoms with Gasteiger partial charge in [-0.3, -0.25) is 4.79 Å². The average Bonchev–Trinajstić information content (AvgIpc) is 2.97. The third kappa shape index (κ3) is 5.65. The normalized spacial score (nSPS) is 10.3. The molecule has 7 heteroatoms. The Bertz CT molecular complexity index is 670. The van der Waals surface area contributed by atoms with Crippen molar-refractivity contribution in [2.45, 2.75) is 4.90 Å². The van der Waals surface area contributed by atoms with Crippen LogP contribution in [0.3, 0.4) is 0 Å². The van der Waals surface area contributed by atoms with Gasteiger partial charge in [0, 0.05) is 35.5 Å². The molecule has 1 N–H and O–H groups in total. The summed E-state index contributed by atoms with van der Waals surface area (Å²) in [6, 6.07) is 10.9. The first kappa shape index (κ1) is 17.4. The maximum absolute atomic E-state index is 11.7. The van der Waals surface area contributed by atoms with Crippen LogP contribution in [0.25, 0.3) is 0 Å². The third-order valence-electron chi connectivity index (χ3n) is 2.99. The van der Waals surface area contributed by atoms with Crippen LogP contribution in [-0.2, 0) is 16.6 Å². The Morgan fingerprint density at radius 1 is 1.26 bits per heavy atom. The molecule has 5 nitrogen and oxygen atoms in total. The maximum atomic E-state index is 11.7. The molecule has 0 saturated heterocycles. The molecule has 0 saturated carbocycles. The molecule has 1 amide bonds. The SMILES string of the molecule is Cn1cccc1C(=O)OCC(=O)NCCSc1ccc(Cl)cc1. The third-order valence-corrected chi connectivity index (χ3v) is 4.26. The first-order valence-corrected chi connectivity index (χ1v) is 8.36. The van der Waals surface area contributed by atoms with E-state index in [1.165, 1.54) is 0 Å². The number of rotatable bonds is 7. The number of esters is 1. The van der Waals surface area contributed by atoms with Gasteiger partial charge in [-0.1, -0.05) is 11.6 Å². The molecule has 0 atom stereocenters. The molecule has 0 unspecified atom stereocenters. The minimum absolute atomic E-state index is 0.282. The summed E-state index contributed by atoms with van der Waals surface area (Å²) in [5, 5.41) is 3.41. The summed E-state index contributed by atoms with van der Waals surface area (Å²) in [6.07, 6.45) is 1.74. The van der Waals surface area contributed by atoms with Crippen LogP contribution in [0.15, 0.2) is 47.5 Å².